The van der Waals surface area contributed by atoms with Crippen molar-refractivity contribution >= 4 is 17.6 Å². The summed E-state index contributed by atoms with van der Waals surface area (Å²) in [4.78, 5) is 29.1. The van der Waals surface area contributed by atoms with Crippen LogP contribution in [0.15, 0.2) is 18.2 Å². The highest BCUT2D eigenvalue weighted by atomic mass is 19.2. The first-order chi connectivity index (χ1) is 17.3. The molecule has 2 heterocycles. The predicted octanol–water partition coefficient (Wildman–Crippen LogP) is 3.87. The van der Waals surface area contributed by atoms with Crippen molar-refractivity contribution in [3.63, 3.8) is 0 Å². The van der Waals surface area contributed by atoms with E-state index in [0.717, 1.165) is 44.6 Å². The number of likely N-dealkylation sites (tertiary alicyclic amines) is 2. The average molecular weight is 506 g/mol. The van der Waals surface area contributed by atoms with Gasteiger partial charge in [0.25, 0.3) is 0 Å². The van der Waals surface area contributed by atoms with Crippen LogP contribution in [0.1, 0.15) is 45.4 Å². The Bertz CT molecular complexity index is 999. The maximum absolute atomic E-state index is 14.1. The third-order valence-electron chi connectivity index (χ3n) is 9.74. The maximum Gasteiger partial charge on any atom is 0.321 e. The number of aliphatic hydroxyl groups excluding tert-OH is 1. The number of benzene rings is 1. The molecule has 4 fully saturated rings. The number of ether oxygens (including phenoxy) is 1. The molecule has 36 heavy (non-hydrogen) atoms. The Kier molecular flexibility index (Phi) is 6.98. The van der Waals surface area contributed by atoms with Crippen LogP contribution in [0.5, 0.6) is 0 Å². The van der Waals surface area contributed by atoms with Gasteiger partial charge in [-0.2, -0.15) is 0 Å². The van der Waals surface area contributed by atoms with Crippen molar-refractivity contribution in [1.29, 1.82) is 0 Å². The summed E-state index contributed by atoms with van der Waals surface area (Å²) in [5, 5.41) is 12.9. The summed E-state index contributed by atoms with van der Waals surface area (Å²) in [7, 11) is 1.78. The summed E-state index contributed by atoms with van der Waals surface area (Å²) in [6.07, 6.45) is 5.90. The van der Waals surface area contributed by atoms with E-state index in [2.05, 4.69) is 5.32 Å². The lowest BCUT2D eigenvalue weighted by Crippen LogP contribution is -2.63. The number of hydrogen-bond acceptors (Lipinski definition) is 4. The fourth-order valence-corrected chi connectivity index (χ4v) is 8.13. The summed E-state index contributed by atoms with van der Waals surface area (Å²) in [6, 6.07) is 3.13. The van der Waals surface area contributed by atoms with E-state index in [1.807, 2.05) is 4.90 Å². The van der Waals surface area contributed by atoms with Crippen molar-refractivity contribution in [1.82, 2.24) is 9.80 Å². The second kappa shape index (κ2) is 9.89. The molecule has 0 aromatic heterocycles. The number of carbonyl (C=O) groups excluding carboxylic acids is 2. The van der Waals surface area contributed by atoms with Gasteiger partial charge in [0, 0.05) is 33.7 Å². The summed E-state index contributed by atoms with van der Waals surface area (Å²) >= 11 is 0. The lowest BCUT2D eigenvalue weighted by Gasteiger charge is -2.58. The van der Waals surface area contributed by atoms with Crippen LogP contribution in [0.2, 0.25) is 0 Å². The maximum atomic E-state index is 14.1. The summed E-state index contributed by atoms with van der Waals surface area (Å²) < 4.78 is 33.4. The smallest absolute Gasteiger partial charge is 0.321 e. The van der Waals surface area contributed by atoms with Gasteiger partial charge in [-0.25, -0.2) is 13.6 Å². The van der Waals surface area contributed by atoms with E-state index in [1.165, 1.54) is 12.1 Å². The van der Waals surface area contributed by atoms with Crippen molar-refractivity contribution < 1.29 is 28.2 Å². The first-order valence-corrected chi connectivity index (χ1v) is 13.2. The first kappa shape index (κ1) is 25.4. The van der Waals surface area contributed by atoms with Gasteiger partial charge in [-0.3, -0.25) is 4.79 Å². The minimum Gasteiger partial charge on any atom is -0.394 e. The van der Waals surface area contributed by atoms with Gasteiger partial charge in [-0.15, -0.1) is 0 Å². The highest BCUT2D eigenvalue weighted by molar-refractivity contribution is 5.89. The fraction of sp³-hybridized carbons (Fsp3) is 0.704. The molecule has 1 aromatic rings. The number of methoxy groups -OCH3 is 1. The number of piperidine rings is 2. The minimum atomic E-state index is -1.06. The molecule has 2 aliphatic carbocycles. The molecule has 2 saturated heterocycles. The molecule has 5 unspecified atom stereocenters. The highest BCUT2D eigenvalue weighted by Crippen LogP contribution is 2.62. The number of amides is 3. The number of nitrogens with one attached hydrogen (secondary N) is 1. The van der Waals surface area contributed by atoms with Gasteiger partial charge in [-0.05, 0) is 79.7 Å². The average Bonchev–Trinajstić information content (AvgIpc) is 3.26. The van der Waals surface area contributed by atoms with Crippen molar-refractivity contribution in [2.75, 3.05) is 38.7 Å². The van der Waals surface area contributed by atoms with Crippen LogP contribution >= 0.6 is 0 Å². The number of nitrogens with zero attached hydrogens (tertiary/aromatic N) is 2. The van der Waals surface area contributed by atoms with Gasteiger partial charge in [-0.1, -0.05) is 6.07 Å². The Morgan fingerprint density at radius 3 is 2.58 bits per heavy atom. The molecule has 0 radical (unpaired) electrons. The second-order valence-corrected chi connectivity index (χ2v) is 11.3. The molecule has 9 heteroatoms. The Balaban J connectivity index is 1.36. The van der Waals surface area contributed by atoms with Gasteiger partial charge >= 0.3 is 6.03 Å². The van der Waals surface area contributed by atoms with Gasteiger partial charge in [0.1, 0.15) is 0 Å². The van der Waals surface area contributed by atoms with Crippen LogP contribution in [0.3, 0.4) is 0 Å². The summed E-state index contributed by atoms with van der Waals surface area (Å²) in [5.41, 5.74) is -0.289. The lowest BCUT2D eigenvalue weighted by atomic mass is 9.57. The quantitative estimate of drug-likeness (QED) is 0.654. The molecule has 7 nitrogen and oxygen atoms in total. The van der Waals surface area contributed by atoms with Crippen LogP contribution in [0, 0.1) is 40.7 Å². The molecule has 6 atom stereocenters. The molecule has 2 N–H and O–H groups in total. The number of aliphatic hydroxyl groups is 1. The number of rotatable bonds is 3. The third kappa shape index (κ3) is 4.28. The Hall–Kier alpha value is -2.26. The highest BCUT2D eigenvalue weighted by Gasteiger charge is 2.61. The largest absolute Gasteiger partial charge is 0.394 e. The lowest BCUT2D eigenvalue weighted by molar-refractivity contribution is -0.151. The molecule has 2 saturated carbocycles. The number of fused-ring (bicyclic) bond motifs is 4. The van der Waals surface area contributed by atoms with Crippen molar-refractivity contribution in [3.8, 4) is 0 Å². The number of urea groups is 1. The monoisotopic (exact) mass is 505 g/mol. The van der Waals surface area contributed by atoms with E-state index in [9.17, 15) is 23.5 Å². The molecule has 1 spiro atoms. The van der Waals surface area contributed by atoms with Crippen LogP contribution in [-0.2, 0) is 9.53 Å². The van der Waals surface area contributed by atoms with Crippen molar-refractivity contribution in [3.05, 3.63) is 29.8 Å². The number of anilines is 1. The third-order valence-corrected chi connectivity index (χ3v) is 9.74. The van der Waals surface area contributed by atoms with Crippen molar-refractivity contribution in [2.45, 2.75) is 57.6 Å². The number of hydrogen-bond donors (Lipinski definition) is 2. The molecule has 2 aliphatic heterocycles. The molecular formula is C27H37F2N3O4. The molecule has 198 valence electrons. The molecule has 0 bridgehead atoms. The zero-order valence-electron chi connectivity index (χ0n) is 21.1. The fourth-order valence-electron chi connectivity index (χ4n) is 8.13. The molecule has 4 aliphatic rings. The number of halogens is 2. The summed E-state index contributed by atoms with van der Waals surface area (Å²) in [6.45, 7) is 3.12. The van der Waals surface area contributed by atoms with Gasteiger partial charge in [0.05, 0.1) is 24.4 Å². The van der Waals surface area contributed by atoms with Crippen molar-refractivity contribution in [2.24, 2.45) is 29.1 Å². The van der Waals surface area contributed by atoms with Crippen LogP contribution < -0.4 is 5.32 Å². The van der Waals surface area contributed by atoms with E-state index in [0.29, 0.717) is 37.4 Å². The van der Waals surface area contributed by atoms with E-state index in [1.54, 1.807) is 18.9 Å². The van der Waals surface area contributed by atoms with Gasteiger partial charge in [0.15, 0.2) is 11.6 Å². The minimum absolute atomic E-state index is 0.0155. The van der Waals surface area contributed by atoms with Gasteiger partial charge < -0.3 is 25.0 Å². The van der Waals surface area contributed by atoms with E-state index < -0.39 is 17.7 Å². The van der Waals surface area contributed by atoms with E-state index in [4.69, 9.17) is 4.74 Å². The standard InChI is InChI=1S/C27H37F2N3O4/c1-16(34)32-15-27(24-19-7-6-18(36-2)12-17(19)13-20(24)23(32)14-33)8-10-31(11-9-27)26(35)30-22-5-3-4-21(28)25(22)29/h3-5,17-20,23-24,33H,6-15H2,1-2H3,(H,30,35)/t17?,18?,19?,20?,23-,24?/m0/s1. The number of carbonyl (C=O) groups is 2. The molecule has 5 rings (SSSR count). The zero-order chi connectivity index (χ0) is 25.6. The Morgan fingerprint density at radius 1 is 1.17 bits per heavy atom. The van der Waals surface area contributed by atoms with E-state index in [-0.39, 0.29) is 41.7 Å². The van der Waals surface area contributed by atoms with E-state index >= 15 is 0 Å². The van der Waals surface area contributed by atoms with Crippen LogP contribution in [0.4, 0.5) is 19.3 Å². The normalized spacial score (nSPS) is 33.2. The topological polar surface area (TPSA) is 82.1 Å². The molecular weight excluding hydrogens is 468 g/mol. The first-order valence-electron chi connectivity index (χ1n) is 13.2. The molecule has 3 amide bonds. The van der Waals surface area contributed by atoms with Crippen LogP contribution in [-0.4, -0.2) is 72.3 Å². The second-order valence-electron chi connectivity index (χ2n) is 11.3. The Labute approximate surface area is 211 Å². The van der Waals surface area contributed by atoms with Crippen LogP contribution in [0.25, 0.3) is 0 Å². The zero-order valence-corrected chi connectivity index (χ0v) is 21.1. The SMILES string of the molecule is COC1CCC2C(C1)CC1C2C2(CCN(C(=O)Nc3cccc(F)c3F)CC2)CN(C(C)=O)[C@H]1CO. The Morgan fingerprint density at radius 2 is 1.92 bits per heavy atom. The predicted molar refractivity (Wildman–Crippen MR) is 130 cm³/mol. The molecule has 1 aromatic carbocycles. The van der Waals surface area contributed by atoms with Gasteiger partial charge in [0.2, 0.25) is 5.91 Å². The summed E-state index contributed by atoms with van der Waals surface area (Å²) in [5.74, 6) is -0.400.